The molecule has 1 atom stereocenters. The molecule has 0 fully saturated rings. The molecule has 0 saturated heterocycles. The summed E-state index contributed by atoms with van der Waals surface area (Å²) in [5, 5.41) is 15.1. The number of amidine groups is 1. The average molecular weight is 228 g/mol. The number of oxime groups is 1. The van der Waals surface area contributed by atoms with Crippen LogP contribution in [0.25, 0.3) is 0 Å². The Morgan fingerprint density at radius 2 is 2.27 bits per heavy atom. The Morgan fingerprint density at radius 1 is 1.60 bits per heavy atom. The lowest BCUT2D eigenvalue weighted by atomic mass is 10.2. The van der Waals surface area contributed by atoms with Gasteiger partial charge in [-0.2, -0.15) is 0 Å². The highest BCUT2D eigenvalue weighted by Crippen LogP contribution is 2.23. The highest BCUT2D eigenvalue weighted by Gasteiger charge is 2.08. The van der Waals surface area contributed by atoms with E-state index in [2.05, 4.69) is 10.5 Å². The molecule has 0 heterocycles. The van der Waals surface area contributed by atoms with Gasteiger partial charge in [-0.15, -0.1) is 0 Å². The summed E-state index contributed by atoms with van der Waals surface area (Å²) < 4.78 is 0. The molecule has 0 aromatic heterocycles. The van der Waals surface area contributed by atoms with Gasteiger partial charge in [-0.05, 0) is 31.5 Å². The molecule has 4 nitrogen and oxygen atoms in total. The smallest absolute Gasteiger partial charge is 0.161 e. The quantitative estimate of drug-likeness (QED) is 0.321. The molecule has 0 amide bonds. The first-order valence-electron chi connectivity index (χ1n) is 4.54. The normalized spacial score (nSPS) is 13.7. The fourth-order valence-corrected chi connectivity index (χ4v) is 1.42. The van der Waals surface area contributed by atoms with Crippen LogP contribution in [0.15, 0.2) is 23.4 Å². The summed E-state index contributed by atoms with van der Waals surface area (Å²) in [6.07, 6.45) is 0. The Hall–Kier alpha value is -1.42. The van der Waals surface area contributed by atoms with Crippen molar-refractivity contribution in [1.82, 2.24) is 0 Å². The molecule has 4 N–H and O–H groups in total. The van der Waals surface area contributed by atoms with Gasteiger partial charge in [-0.3, -0.25) is 0 Å². The van der Waals surface area contributed by atoms with Crippen molar-refractivity contribution in [1.29, 1.82) is 0 Å². The first-order valence-corrected chi connectivity index (χ1v) is 4.92. The number of hydrogen-bond acceptors (Lipinski definition) is 3. The van der Waals surface area contributed by atoms with Crippen LogP contribution < -0.4 is 11.1 Å². The highest BCUT2D eigenvalue weighted by molar-refractivity contribution is 6.33. The second-order valence-electron chi connectivity index (χ2n) is 3.37. The molecule has 1 unspecified atom stereocenters. The van der Waals surface area contributed by atoms with Crippen LogP contribution in [0.5, 0.6) is 0 Å². The lowest BCUT2D eigenvalue weighted by Crippen LogP contribution is -2.32. The number of anilines is 1. The second-order valence-corrected chi connectivity index (χ2v) is 3.78. The zero-order chi connectivity index (χ0) is 11.4. The average Bonchev–Trinajstić information content (AvgIpc) is 2.20. The van der Waals surface area contributed by atoms with Crippen LogP contribution in [0.3, 0.4) is 0 Å². The first kappa shape index (κ1) is 11.7. The molecular weight excluding hydrogens is 214 g/mol. The third kappa shape index (κ3) is 3.02. The third-order valence-electron chi connectivity index (χ3n) is 2.06. The van der Waals surface area contributed by atoms with Crippen molar-refractivity contribution in [3.05, 3.63) is 28.8 Å². The minimum absolute atomic E-state index is 0.117. The van der Waals surface area contributed by atoms with Crippen molar-refractivity contribution in [3.8, 4) is 0 Å². The van der Waals surface area contributed by atoms with Crippen molar-refractivity contribution in [2.75, 3.05) is 5.32 Å². The van der Waals surface area contributed by atoms with Gasteiger partial charge in [-0.1, -0.05) is 22.8 Å². The van der Waals surface area contributed by atoms with E-state index in [1.165, 1.54) is 0 Å². The van der Waals surface area contributed by atoms with Gasteiger partial charge in [0.1, 0.15) is 0 Å². The van der Waals surface area contributed by atoms with Crippen molar-refractivity contribution in [2.45, 2.75) is 19.9 Å². The fourth-order valence-electron chi connectivity index (χ4n) is 1.13. The molecule has 1 aromatic rings. The standard InChI is InChI=1S/C10H14ClN3O/c1-6-3-4-9(8(11)5-6)13-7(2)10(12)14-15/h3-5,7,13,15H,1-2H3,(H2,12,14). The van der Waals surface area contributed by atoms with Gasteiger partial charge in [-0.25, -0.2) is 0 Å². The SMILES string of the molecule is Cc1ccc(NC(C)C(N)=NO)c(Cl)c1. The molecule has 0 aliphatic heterocycles. The zero-order valence-electron chi connectivity index (χ0n) is 8.66. The van der Waals surface area contributed by atoms with Gasteiger partial charge >= 0.3 is 0 Å². The molecule has 0 saturated carbocycles. The summed E-state index contributed by atoms with van der Waals surface area (Å²) >= 11 is 6.02. The largest absolute Gasteiger partial charge is 0.409 e. The van der Waals surface area contributed by atoms with E-state index in [9.17, 15) is 0 Å². The molecule has 82 valence electrons. The number of benzene rings is 1. The molecule has 0 aliphatic rings. The molecule has 1 rings (SSSR count). The van der Waals surface area contributed by atoms with E-state index in [4.69, 9.17) is 22.5 Å². The summed E-state index contributed by atoms with van der Waals surface area (Å²) in [6.45, 7) is 3.74. The molecule has 0 radical (unpaired) electrons. The predicted octanol–water partition coefficient (Wildman–Crippen LogP) is 2.20. The van der Waals surface area contributed by atoms with E-state index in [1.54, 1.807) is 6.92 Å². The van der Waals surface area contributed by atoms with Gasteiger partial charge in [0.15, 0.2) is 5.84 Å². The number of halogens is 1. The van der Waals surface area contributed by atoms with Crippen molar-refractivity contribution < 1.29 is 5.21 Å². The Kier molecular flexibility index (Phi) is 3.80. The lowest BCUT2D eigenvalue weighted by Gasteiger charge is -2.14. The van der Waals surface area contributed by atoms with Crippen LogP contribution in [0, 0.1) is 6.92 Å². The van der Waals surface area contributed by atoms with E-state index in [-0.39, 0.29) is 11.9 Å². The number of aryl methyl sites for hydroxylation is 1. The number of rotatable bonds is 3. The molecule has 15 heavy (non-hydrogen) atoms. The summed E-state index contributed by atoms with van der Waals surface area (Å²) in [4.78, 5) is 0. The van der Waals surface area contributed by atoms with Gasteiger partial charge < -0.3 is 16.3 Å². The van der Waals surface area contributed by atoms with E-state index < -0.39 is 0 Å². The Morgan fingerprint density at radius 3 is 2.80 bits per heavy atom. The van der Waals surface area contributed by atoms with Crippen LogP contribution in [0.4, 0.5) is 5.69 Å². The minimum Gasteiger partial charge on any atom is -0.409 e. The summed E-state index contributed by atoms with van der Waals surface area (Å²) in [6, 6.07) is 5.38. The molecule has 0 aliphatic carbocycles. The maximum atomic E-state index is 8.49. The summed E-state index contributed by atoms with van der Waals surface area (Å²) in [7, 11) is 0. The summed E-state index contributed by atoms with van der Waals surface area (Å²) in [5.74, 6) is 0.117. The fraction of sp³-hybridized carbons (Fsp3) is 0.300. The topological polar surface area (TPSA) is 70.6 Å². The number of hydrogen-bond donors (Lipinski definition) is 3. The van der Waals surface area contributed by atoms with Crippen LogP contribution >= 0.6 is 11.6 Å². The van der Waals surface area contributed by atoms with E-state index in [1.807, 2.05) is 25.1 Å². The Balaban J connectivity index is 2.81. The molecule has 0 spiro atoms. The number of nitrogens with one attached hydrogen (secondary N) is 1. The molecular formula is C10H14ClN3O. The van der Waals surface area contributed by atoms with Gasteiger partial charge in [0.25, 0.3) is 0 Å². The van der Waals surface area contributed by atoms with Gasteiger partial charge in [0.05, 0.1) is 16.8 Å². The maximum Gasteiger partial charge on any atom is 0.161 e. The molecule has 5 heteroatoms. The Labute approximate surface area is 93.7 Å². The lowest BCUT2D eigenvalue weighted by molar-refractivity contribution is 0.316. The zero-order valence-corrected chi connectivity index (χ0v) is 9.42. The second kappa shape index (κ2) is 4.89. The number of nitrogens with zero attached hydrogens (tertiary/aromatic N) is 1. The van der Waals surface area contributed by atoms with Crippen LogP contribution in [0.1, 0.15) is 12.5 Å². The van der Waals surface area contributed by atoms with Crippen molar-refractivity contribution in [3.63, 3.8) is 0 Å². The highest BCUT2D eigenvalue weighted by atomic mass is 35.5. The van der Waals surface area contributed by atoms with E-state index in [0.29, 0.717) is 5.02 Å². The van der Waals surface area contributed by atoms with Gasteiger partial charge in [0.2, 0.25) is 0 Å². The van der Waals surface area contributed by atoms with Crippen molar-refractivity contribution in [2.24, 2.45) is 10.9 Å². The Bertz CT molecular complexity index is 379. The van der Waals surface area contributed by atoms with Gasteiger partial charge in [0, 0.05) is 0 Å². The maximum absolute atomic E-state index is 8.49. The van der Waals surface area contributed by atoms with E-state index >= 15 is 0 Å². The monoisotopic (exact) mass is 227 g/mol. The third-order valence-corrected chi connectivity index (χ3v) is 2.37. The minimum atomic E-state index is -0.268. The molecule has 0 bridgehead atoms. The predicted molar refractivity (Wildman–Crippen MR) is 62.7 cm³/mol. The van der Waals surface area contributed by atoms with Crippen LogP contribution in [0.2, 0.25) is 5.02 Å². The first-order chi connectivity index (χ1) is 7.04. The molecule has 1 aromatic carbocycles. The summed E-state index contributed by atoms with van der Waals surface area (Å²) in [5.41, 5.74) is 7.29. The number of nitrogens with two attached hydrogens (primary N) is 1. The van der Waals surface area contributed by atoms with E-state index in [0.717, 1.165) is 11.3 Å². The van der Waals surface area contributed by atoms with Crippen LogP contribution in [-0.4, -0.2) is 17.1 Å². The van der Waals surface area contributed by atoms with Crippen molar-refractivity contribution >= 4 is 23.1 Å². The van der Waals surface area contributed by atoms with Crippen LogP contribution in [-0.2, 0) is 0 Å².